The van der Waals surface area contributed by atoms with Crippen molar-refractivity contribution in [3.8, 4) is 0 Å². The molecule has 0 amide bonds. The third-order valence-electron chi connectivity index (χ3n) is 3.34. The Morgan fingerprint density at radius 3 is 2.11 bits per heavy atom. The van der Waals surface area contributed by atoms with Gasteiger partial charge in [0.15, 0.2) is 11.6 Å². The highest BCUT2D eigenvalue weighted by Gasteiger charge is 2.12. The second-order valence-corrected chi connectivity index (χ2v) is 7.29. The third kappa shape index (κ3) is 5.51. The van der Waals surface area contributed by atoms with Crippen LogP contribution in [0.25, 0.3) is 0 Å². The molecule has 0 atom stereocenters. The summed E-state index contributed by atoms with van der Waals surface area (Å²) in [5, 5.41) is 5.38. The fraction of sp³-hybridized carbons (Fsp3) is 0.0588. The van der Waals surface area contributed by atoms with E-state index in [-0.39, 0.29) is 41.2 Å². The highest BCUT2D eigenvalue weighted by molar-refractivity contribution is 7.92. The number of hydrogen-bond acceptors (Lipinski definition) is 6. The predicted octanol–water partition coefficient (Wildman–Crippen LogP) is 4.04. The zero-order chi connectivity index (χ0) is 19.4. The number of rotatable bonds is 6. The molecule has 0 aliphatic rings. The second-order valence-electron chi connectivity index (χ2n) is 5.54. The number of para-hydroxylation sites is 3. The summed E-state index contributed by atoms with van der Waals surface area (Å²) in [4.78, 5) is 7.77. The molecule has 28 heavy (non-hydrogen) atoms. The van der Waals surface area contributed by atoms with Crippen molar-refractivity contribution in [2.45, 2.75) is 0 Å². The van der Waals surface area contributed by atoms with Gasteiger partial charge < -0.3 is 10.6 Å². The van der Waals surface area contributed by atoms with Crippen LogP contribution >= 0.6 is 12.4 Å². The number of sulfonamides is 1. The van der Waals surface area contributed by atoms with Gasteiger partial charge in [-0.2, -0.15) is 4.98 Å². The van der Waals surface area contributed by atoms with Gasteiger partial charge in [0, 0.05) is 0 Å². The van der Waals surface area contributed by atoms with Crippen molar-refractivity contribution >= 4 is 51.3 Å². The minimum Gasteiger partial charge on any atom is -0.336 e. The molecule has 3 rings (SSSR count). The predicted molar refractivity (Wildman–Crippen MR) is 107 cm³/mol. The summed E-state index contributed by atoms with van der Waals surface area (Å²) >= 11 is 0. The smallest absolute Gasteiger partial charge is 0.229 e. The minimum absolute atomic E-state index is 0. The van der Waals surface area contributed by atoms with Gasteiger partial charge >= 0.3 is 0 Å². The molecule has 2 aromatic carbocycles. The Morgan fingerprint density at radius 2 is 1.46 bits per heavy atom. The lowest BCUT2D eigenvalue weighted by Crippen LogP contribution is -2.11. The van der Waals surface area contributed by atoms with Crippen molar-refractivity contribution in [3.63, 3.8) is 0 Å². The molecule has 3 aromatic rings. The summed E-state index contributed by atoms with van der Waals surface area (Å²) in [6, 6.07) is 12.2. The quantitative estimate of drug-likeness (QED) is 0.549. The van der Waals surface area contributed by atoms with Crippen LogP contribution in [0.4, 0.5) is 37.6 Å². The highest BCUT2D eigenvalue weighted by Crippen LogP contribution is 2.27. The molecule has 0 bridgehead atoms. The van der Waals surface area contributed by atoms with Crippen molar-refractivity contribution < 1.29 is 17.2 Å². The van der Waals surface area contributed by atoms with E-state index in [0.717, 1.165) is 12.5 Å². The molecule has 0 spiro atoms. The molecule has 0 saturated carbocycles. The van der Waals surface area contributed by atoms with Crippen molar-refractivity contribution in [2.75, 3.05) is 21.6 Å². The summed E-state index contributed by atoms with van der Waals surface area (Å²) in [6.45, 7) is 0. The molecule has 1 aromatic heterocycles. The number of anilines is 5. The molecule has 7 nitrogen and oxygen atoms in total. The Balaban J connectivity index is 0.00000280. The van der Waals surface area contributed by atoms with Crippen molar-refractivity contribution in [1.82, 2.24) is 9.97 Å². The maximum atomic E-state index is 14.1. The molecule has 0 aliphatic carbocycles. The molecule has 3 N–H and O–H groups in total. The van der Waals surface area contributed by atoms with Crippen LogP contribution in [0.1, 0.15) is 0 Å². The molecule has 0 aliphatic heterocycles. The number of nitrogens with zero attached hydrogens (tertiary/aromatic N) is 2. The topological polar surface area (TPSA) is 96.0 Å². The normalized spacial score (nSPS) is 10.7. The minimum atomic E-state index is -3.53. The maximum absolute atomic E-state index is 14.1. The van der Waals surface area contributed by atoms with Gasteiger partial charge in [-0.3, -0.25) is 4.72 Å². The van der Waals surface area contributed by atoms with E-state index < -0.39 is 21.7 Å². The zero-order valence-electron chi connectivity index (χ0n) is 14.5. The van der Waals surface area contributed by atoms with Gasteiger partial charge in [-0.25, -0.2) is 22.2 Å². The van der Waals surface area contributed by atoms with Crippen LogP contribution in [0.3, 0.4) is 0 Å². The Hall–Kier alpha value is -2.98. The fourth-order valence-corrected chi connectivity index (χ4v) is 2.78. The van der Waals surface area contributed by atoms with Crippen molar-refractivity contribution in [2.24, 2.45) is 0 Å². The number of hydrogen-bond donors (Lipinski definition) is 3. The van der Waals surface area contributed by atoms with E-state index in [1.54, 1.807) is 24.3 Å². The summed E-state index contributed by atoms with van der Waals surface area (Å²) in [5.41, 5.74) is 0.646. The number of nitrogens with one attached hydrogen (secondary N) is 3. The summed E-state index contributed by atoms with van der Waals surface area (Å²) in [6.07, 6.45) is 1.93. The van der Waals surface area contributed by atoms with Crippen molar-refractivity contribution in [3.05, 3.63) is 66.4 Å². The molecule has 0 radical (unpaired) electrons. The third-order valence-corrected chi connectivity index (χ3v) is 3.93. The van der Waals surface area contributed by atoms with Crippen LogP contribution in [0, 0.1) is 11.6 Å². The first-order valence-electron chi connectivity index (χ1n) is 7.70. The van der Waals surface area contributed by atoms with Gasteiger partial charge in [0.25, 0.3) is 0 Å². The lowest BCUT2D eigenvalue weighted by atomic mass is 10.2. The first-order chi connectivity index (χ1) is 12.8. The molecule has 11 heteroatoms. The maximum Gasteiger partial charge on any atom is 0.229 e. The zero-order valence-corrected chi connectivity index (χ0v) is 16.1. The molecule has 148 valence electrons. The van der Waals surface area contributed by atoms with Gasteiger partial charge in [0.1, 0.15) is 5.82 Å². The Morgan fingerprint density at radius 1 is 0.857 bits per heavy atom. The number of benzene rings is 2. The summed E-state index contributed by atoms with van der Waals surface area (Å²) in [7, 11) is -3.53. The Labute approximate surface area is 166 Å². The van der Waals surface area contributed by atoms with E-state index in [1.165, 1.54) is 24.3 Å². The van der Waals surface area contributed by atoms with E-state index in [4.69, 9.17) is 0 Å². The van der Waals surface area contributed by atoms with E-state index in [1.807, 2.05) is 0 Å². The number of halogens is 3. The van der Waals surface area contributed by atoms with Crippen LogP contribution in [0.5, 0.6) is 0 Å². The SMILES string of the molecule is CS(=O)(=O)Nc1ccccc1Nc1nc(Nc2ccccc2F)ncc1F.Cl. The number of aromatic nitrogens is 2. The van der Waals surface area contributed by atoms with Gasteiger partial charge in [-0.05, 0) is 24.3 Å². The lowest BCUT2D eigenvalue weighted by molar-refractivity contribution is 0.607. The fourth-order valence-electron chi connectivity index (χ4n) is 2.21. The van der Waals surface area contributed by atoms with E-state index in [9.17, 15) is 17.2 Å². The van der Waals surface area contributed by atoms with E-state index in [2.05, 4.69) is 25.3 Å². The van der Waals surface area contributed by atoms with Crippen molar-refractivity contribution in [1.29, 1.82) is 0 Å². The van der Waals surface area contributed by atoms with Gasteiger partial charge in [0.2, 0.25) is 16.0 Å². The summed E-state index contributed by atoms with van der Waals surface area (Å²) < 4.78 is 53.1. The molecule has 1 heterocycles. The van der Waals surface area contributed by atoms with Crippen LogP contribution in [0.2, 0.25) is 0 Å². The van der Waals surface area contributed by atoms with Crippen LogP contribution in [-0.4, -0.2) is 24.6 Å². The van der Waals surface area contributed by atoms with E-state index in [0.29, 0.717) is 0 Å². The average Bonchev–Trinajstić information content (AvgIpc) is 2.60. The standard InChI is InChI=1S/C17H15F2N5O2S.ClH/c1-27(25,26)24-15-9-5-4-8-14(15)21-16-12(19)10-20-17(23-16)22-13-7-3-2-6-11(13)18;/h2-10,24H,1H3,(H2,20,21,22,23);1H. The van der Waals surface area contributed by atoms with Gasteiger partial charge in [-0.15, -0.1) is 12.4 Å². The molecular weight excluding hydrogens is 412 g/mol. The lowest BCUT2D eigenvalue weighted by Gasteiger charge is -2.13. The second kappa shape index (κ2) is 8.81. The first-order valence-corrected chi connectivity index (χ1v) is 9.59. The molecule has 0 fully saturated rings. The molecule has 0 unspecified atom stereocenters. The largest absolute Gasteiger partial charge is 0.336 e. The van der Waals surface area contributed by atoms with E-state index >= 15 is 0 Å². The average molecular weight is 428 g/mol. The molecule has 0 saturated heterocycles. The Kier molecular flexibility index (Phi) is 6.71. The van der Waals surface area contributed by atoms with Crippen LogP contribution in [-0.2, 0) is 10.0 Å². The monoisotopic (exact) mass is 427 g/mol. The van der Waals surface area contributed by atoms with Crippen LogP contribution < -0.4 is 15.4 Å². The van der Waals surface area contributed by atoms with Gasteiger partial charge in [-0.1, -0.05) is 24.3 Å². The van der Waals surface area contributed by atoms with Gasteiger partial charge in [0.05, 0.1) is 29.5 Å². The Bertz CT molecular complexity index is 1080. The highest BCUT2D eigenvalue weighted by atomic mass is 35.5. The summed E-state index contributed by atoms with van der Waals surface area (Å²) in [5.74, 6) is -1.50. The van der Waals surface area contributed by atoms with Crippen LogP contribution in [0.15, 0.2) is 54.7 Å². The first kappa shape index (κ1) is 21.3. The molecular formula is C17H16ClF2N5O2S.